The molecule has 15 heteroatoms. The van der Waals surface area contributed by atoms with Crippen LogP contribution in [0.1, 0.15) is 5.69 Å². The highest BCUT2D eigenvalue weighted by molar-refractivity contribution is 8.00. The standard InChI is InChI=1S/C21H17N7O5S3/c22-21-24-12(8-35-21)14(26-33)17(29)25-15-18(30)28-16(20(31)32)11(7-34-19(15)28)6-27-3-1-10(2-4-27)13-5-23-9-36-13/h1-5,8-9,15,19H,6-7H2,(H4-,22,24,25,29,31,32,33)/p+1/t15-,19-/m1/s1. The van der Waals surface area contributed by atoms with Crippen LogP contribution in [0, 0.1) is 0 Å². The summed E-state index contributed by atoms with van der Waals surface area (Å²) in [6.45, 7) is 0.289. The molecule has 12 nitrogen and oxygen atoms in total. The number of carboxylic acids is 1. The van der Waals surface area contributed by atoms with Crippen LogP contribution < -0.4 is 15.6 Å². The van der Waals surface area contributed by atoms with E-state index in [2.05, 4.69) is 20.4 Å². The molecule has 3 aromatic heterocycles. The summed E-state index contributed by atoms with van der Waals surface area (Å²) in [6, 6.07) is 2.87. The highest BCUT2D eigenvalue weighted by Gasteiger charge is 2.54. The molecule has 0 aromatic carbocycles. The summed E-state index contributed by atoms with van der Waals surface area (Å²) in [5, 5.41) is 25.7. The number of amides is 2. The Kier molecular flexibility index (Phi) is 6.42. The highest BCUT2D eigenvalue weighted by Crippen LogP contribution is 2.40. The molecule has 1 fully saturated rings. The predicted octanol–water partition coefficient (Wildman–Crippen LogP) is 0.753. The van der Waals surface area contributed by atoms with Gasteiger partial charge in [0.25, 0.3) is 11.8 Å². The van der Waals surface area contributed by atoms with Crippen molar-refractivity contribution < 1.29 is 29.3 Å². The minimum atomic E-state index is -1.22. The van der Waals surface area contributed by atoms with E-state index >= 15 is 0 Å². The molecule has 0 bridgehead atoms. The Morgan fingerprint density at radius 2 is 2.08 bits per heavy atom. The molecule has 2 aliphatic heterocycles. The van der Waals surface area contributed by atoms with Crippen LogP contribution in [0.4, 0.5) is 5.13 Å². The second-order valence-corrected chi connectivity index (χ2v) is 10.6. The number of aromatic nitrogens is 3. The molecule has 2 aliphatic rings. The Labute approximate surface area is 215 Å². The number of thioether (sulfide) groups is 1. The summed E-state index contributed by atoms with van der Waals surface area (Å²) in [7, 11) is 0. The second-order valence-electron chi connectivity index (χ2n) is 7.76. The van der Waals surface area contributed by atoms with Crippen LogP contribution >= 0.6 is 34.4 Å². The van der Waals surface area contributed by atoms with E-state index in [-0.39, 0.29) is 28.8 Å². The van der Waals surface area contributed by atoms with Crippen LogP contribution in [0.5, 0.6) is 0 Å². The number of pyridine rings is 1. The lowest BCUT2D eigenvalue weighted by molar-refractivity contribution is -0.689. The van der Waals surface area contributed by atoms with Crippen molar-refractivity contribution in [2.45, 2.75) is 18.0 Å². The number of carbonyl (C=O) groups is 3. The van der Waals surface area contributed by atoms with E-state index in [1.807, 2.05) is 29.1 Å². The summed E-state index contributed by atoms with van der Waals surface area (Å²) in [5.74, 6) is -2.23. The maximum absolute atomic E-state index is 12.9. The topological polar surface area (TPSA) is 175 Å². The van der Waals surface area contributed by atoms with E-state index in [0.29, 0.717) is 11.3 Å². The SMILES string of the molecule is Nc1nc(/C(=N/O)C(=O)N[C@@H]2C(=O)N3C(C(=O)O)=C(C[n+]4ccc(-c5cncs5)cc4)CS[C@H]23)cs1. The van der Waals surface area contributed by atoms with Gasteiger partial charge in [-0.1, -0.05) is 5.16 Å². The second kappa shape index (κ2) is 9.67. The van der Waals surface area contributed by atoms with Gasteiger partial charge in [0.2, 0.25) is 0 Å². The Morgan fingerprint density at radius 1 is 1.31 bits per heavy atom. The van der Waals surface area contributed by atoms with E-state index in [9.17, 15) is 24.7 Å². The van der Waals surface area contributed by atoms with E-state index in [1.54, 1.807) is 11.7 Å². The number of nitrogens with zero attached hydrogens (tertiary/aromatic N) is 5. The first kappa shape index (κ1) is 23.9. The molecule has 0 aliphatic carbocycles. The first-order chi connectivity index (χ1) is 17.4. The van der Waals surface area contributed by atoms with Crippen molar-refractivity contribution in [2.75, 3.05) is 11.5 Å². The van der Waals surface area contributed by atoms with Crippen molar-refractivity contribution in [2.24, 2.45) is 5.16 Å². The molecule has 5 heterocycles. The largest absolute Gasteiger partial charge is 0.477 e. The number of aliphatic carboxylic acids is 1. The Balaban J connectivity index is 1.32. The molecule has 184 valence electrons. The van der Waals surface area contributed by atoms with Crippen molar-refractivity contribution in [3.63, 3.8) is 0 Å². The van der Waals surface area contributed by atoms with Gasteiger partial charge >= 0.3 is 5.97 Å². The number of fused-ring (bicyclic) bond motifs is 1. The number of hydrogen-bond donors (Lipinski definition) is 4. The molecule has 2 atom stereocenters. The Bertz CT molecular complexity index is 1400. The third-order valence-electron chi connectivity index (χ3n) is 5.60. The van der Waals surface area contributed by atoms with Crippen molar-refractivity contribution >= 4 is 63.1 Å². The molecule has 3 aromatic rings. The quantitative estimate of drug-likeness (QED) is 0.110. The number of nitrogens with one attached hydrogen (secondary N) is 1. The van der Waals surface area contributed by atoms with Crippen LogP contribution in [0.15, 0.2) is 58.0 Å². The van der Waals surface area contributed by atoms with Crippen molar-refractivity contribution in [3.8, 4) is 10.4 Å². The monoisotopic (exact) mass is 544 g/mol. The van der Waals surface area contributed by atoms with Gasteiger partial charge in [-0.25, -0.2) is 14.3 Å². The highest BCUT2D eigenvalue weighted by atomic mass is 32.2. The molecule has 5 rings (SSSR count). The Morgan fingerprint density at radius 3 is 2.69 bits per heavy atom. The van der Waals surface area contributed by atoms with E-state index < -0.39 is 29.2 Å². The Hall–Kier alpha value is -3.82. The van der Waals surface area contributed by atoms with Crippen LogP contribution in [0.3, 0.4) is 0 Å². The molecular weight excluding hydrogens is 526 g/mol. The number of rotatable bonds is 7. The summed E-state index contributed by atoms with van der Waals surface area (Å²) >= 11 is 3.94. The van der Waals surface area contributed by atoms with Gasteiger partial charge in [0.05, 0.1) is 10.4 Å². The number of nitrogen functional groups attached to an aromatic ring is 1. The third kappa shape index (κ3) is 4.31. The predicted molar refractivity (Wildman–Crippen MR) is 132 cm³/mol. The number of nitrogens with two attached hydrogens (primary N) is 1. The molecule has 0 spiro atoms. The lowest BCUT2D eigenvalue weighted by atomic mass is 10.0. The maximum Gasteiger partial charge on any atom is 0.352 e. The summed E-state index contributed by atoms with van der Waals surface area (Å²) < 4.78 is 1.84. The van der Waals surface area contributed by atoms with Crippen LogP contribution in [-0.2, 0) is 20.9 Å². The van der Waals surface area contributed by atoms with Gasteiger partial charge in [-0.2, -0.15) is 0 Å². The first-order valence-electron chi connectivity index (χ1n) is 10.4. The van der Waals surface area contributed by atoms with Gasteiger partial charge in [-0.3, -0.25) is 19.5 Å². The van der Waals surface area contributed by atoms with Crippen LogP contribution in [0.2, 0.25) is 0 Å². The van der Waals surface area contributed by atoms with E-state index in [0.717, 1.165) is 21.8 Å². The molecule has 0 radical (unpaired) electrons. The van der Waals surface area contributed by atoms with Gasteiger partial charge in [0.1, 0.15) is 22.8 Å². The van der Waals surface area contributed by atoms with Gasteiger partial charge in [-0.05, 0) is 0 Å². The lowest BCUT2D eigenvalue weighted by Crippen LogP contribution is -2.71. The molecule has 36 heavy (non-hydrogen) atoms. The molecule has 1 saturated heterocycles. The van der Waals surface area contributed by atoms with Gasteiger partial charge in [0.15, 0.2) is 29.8 Å². The number of carbonyl (C=O) groups excluding carboxylic acids is 2. The smallest absolute Gasteiger partial charge is 0.352 e. The van der Waals surface area contributed by atoms with Gasteiger partial charge in [-0.15, -0.1) is 34.4 Å². The number of oxime groups is 1. The average molecular weight is 545 g/mol. The maximum atomic E-state index is 12.9. The van der Waals surface area contributed by atoms with Gasteiger partial charge < -0.3 is 21.4 Å². The zero-order valence-corrected chi connectivity index (χ0v) is 20.7. The molecule has 0 unspecified atom stereocenters. The molecule has 0 saturated carbocycles. The minimum Gasteiger partial charge on any atom is -0.477 e. The molecule has 2 amide bonds. The first-order valence-corrected chi connectivity index (χ1v) is 13.2. The normalized spacial score (nSPS) is 19.6. The number of thiazole rings is 2. The molecule has 5 N–H and O–H groups in total. The summed E-state index contributed by atoms with van der Waals surface area (Å²) in [5.41, 5.74) is 8.50. The van der Waals surface area contributed by atoms with E-state index in [1.165, 1.54) is 33.4 Å². The minimum absolute atomic E-state index is 0.0733. The third-order valence-corrected chi connectivity index (χ3v) is 8.43. The number of anilines is 1. The fourth-order valence-electron chi connectivity index (χ4n) is 3.93. The van der Waals surface area contributed by atoms with E-state index in [4.69, 9.17) is 5.73 Å². The van der Waals surface area contributed by atoms with Crippen LogP contribution in [0.25, 0.3) is 10.4 Å². The van der Waals surface area contributed by atoms with Gasteiger partial charge in [0, 0.05) is 40.6 Å². The average Bonchev–Trinajstić information content (AvgIpc) is 3.55. The van der Waals surface area contributed by atoms with Crippen molar-refractivity contribution in [1.82, 2.24) is 20.2 Å². The molecular formula is C21H18N7O5S3+. The number of β-lactam (4-membered cyclic amide) rings is 1. The van der Waals surface area contributed by atoms with Crippen molar-refractivity contribution in [1.29, 1.82) is 0 Å². The fraction of sp³-hybridized carbons (Fsp3) is 0.190. The van der Waals surface area contributed by atoms with Crippen molar-refractivity contribution in [3.05, 3.63) is 58.6 Å². The zero-order valence-electron chi connectivity index (χ0n) is 18.3. The zero-order chi connectivity index (χ0) is 25.4. The lowest BCUT2D eigenvalue weighted by Gasteiger charge is -2.49. The number of hydrogen-bond acceptors (Lipinski definition) is 11. The number of carboxylic acid groups (broad SMARTS) is 1. The fourth-order valence-corrected chi connectivity index (χ4v) is 6.44. The van der Waals surface area contributed by atoms with Crippen LogP contribution in [-0.4, -0.2) is 65.8 Å². The summed E-state index contributed by atoms with van der Waals surface area (Å²) in [6.07, 6.45) is 5.47. The summed E-state index contributed by atoms with van der Waals surface area (Å²) in [4.78, 5) is 47.9.